The monoisotopic (exact) mass is 243 g/mol. The van der Waals surface area contributed by atoms with E-state index in [0.29, 0.717) is 6.42 Å². The van der Waals surface area contributed by atoms with Gasteiger partial charge in [0.15, 0.2) is 0 Å². The van der Waals surface area contributed by atoms with Crippen molar-refractivity contribution in [3.05, 3.63) is 0 Å². The summed E-state index contributed by atoms with van der Waals surface area (Å²) in [5.41, 5.74) is 0. The Morgan fingerprint density at radius 3 is 2.53 bits per heavy atom. The molecule has 0 atom stereocenters. The third-order valence-electron chi connectivity index (χ3n) is 3.82. The molecule has 4 heteroatoms. The number of rotatable bonds is 6. The second kappa shape index (κ2) is 6.97. The largest absolute Gasteiger partial charge is 0.469 e. The van der Waals surface area contributed by atoms with Crippen LogP contribution in [0.2, 0.25) is 0 Å². The molecule has 0 aliphatic carbocycles. The number of esters is 1. The molecule has 1 aliphatic rings. The Hall–Kier alpha value is -0.610. The van der Waals surface area contributed by atoms with Crippen LogP contribution in [0.4, 0.5) is 0 Å². The van der Waals surface area contributed by atoms with Crippen LogP contribution in [0.5, 0.6) is 0 Å². The summed E-state index contributed by atoms with van der Waals surface area (Å²) in [5.74, 6) is -0.0983. The van der Waals surface area contributed by atoms with Crippen molar-refractivity contribution in [2.75, 3.05) is 53.4 Å². The molecule has 0 unspecified atom stereocenters. The highest BCUT2D eigenvalue weighted by Crippen LogP contribution is 2.12. The normalized spacial score (nSPS) is 20.2. The SMILES string of the molecule is CCCC[N+]1(C)CCN(CCC(=O)OC)CC1. The molecule has 0 aromatic heterocycles. The van der Waals surface area contributed by atoms with E-state index >= 15 is 0 Å². The first kappa shape index (κ1) is 14.5. The van der Waals surface area contributed by atoms with Crippen molar-refractivity contribution in [1.29, 1.82) is 0 Å². The average Bonchev–Trinajstić information content (AvgIpc) is 2.35. The molecule has 100 valence electrons. The number of unbranched alkanes of at least 4 members (excludes halogenated alkanes) is 1. The van der Waals surface area contributed by atoms with Crippen molar-refractivity contribution in [2.24, 2.45) is 0 Å². The van der Waals surface area contributed by atoms with Crippen LogP contribution in [0, 0.1) is 0 Å². The highest BCUT2D eigenvalue weighted by atomic mass is 16.5. The van der Waals surface area contributed by atoms with Gasteiger partial charge in [0.1, 0.15) is 0 Å². The van der Waals surface area contributed by atoms with Crippen LogP contribution in [0.15, 0.2) is 0 Å². The zero-order chi connectivity index (χ0) is 12.7. The van der Waals surface area contributed by atoms with Crippen molar-refractivity contribution in [3.63, 3.8) is 0 Å². The summed E-state index contributed by atoms with van der Waals surface area (Å²) >= 11 is 0. The van der Waals surface area contributed by atoms with Gasteiger partial charge in [-0.15, -0.1) is 0 Å². The first-order valence-corrected chi connectivity index (χ1v) is 6.72. The van der Waals surface area contributed by atoms with Crippen molar-refractivity contribution in [1.82, 2.24) is 4.90 Å². The van der Waals surface area contributed by atoms with Crippen molar-refractivity contribution < 1.29 is 14.0 Å². The van der Waals surface area contributed by atoms with Gasteiger partial charge in [-0.2, -0.15) is 0 Å². The van der Waals surface area contributed by atoms with E-state index in [2.05, 4.69) is 23.6 Å². The molecule has 0 aromatic carbocycles. The van der Waals surface area contributed by atoms with Crippen molar-refractivity contribution >= 4 is 5.97 Å². The van der Waals surface area contributed by atoms with E-state index in [1.165, 1.54) is 44.1 Å². The zero-order valence-electron chi connectivity index (χ0n) is 11.6. The number of piperazine rings is 1. The summed E-state index contributed by atoms with van der Waals surface area (Å²) < 4.78 is 5.86. The predicted octanol–water partition coefficient (Wildman–Crippen LogP) is 1.11. The van der Waals surface area contributed by atoms with Crippen LogP contribution in [-0.2, 0) is 9.53 Å². The molecule has 1 aliphatic heterocycles. The molecular formula is C13H27N2O2+. The molecule has 0 amide bonds. The number of carbonyl (C=O) groups is 1. The molecule has 1 heterocycles. The molecule has 17 heavy (non-hydrogen) atoms. The van der Waals surface area contributed by atoms with E-state index in [1.54, 1.807) is 0 Å². The van der Waals surface area contributed by atoms with Crippen LogP contribution in [0.1, 0.15) is 26.2 Å². The van der Waals surface area contributed by atoms with E-state index in [9.17, 15) is 4.79 Å². The van der Waals surface area contributed by atoms with E-state index < -0.39 is 0 Å². The third-order valence-corrected chi connectivity index (χ3v) is 3.82. The maximum Gasteiger partial charge on any atom is 0.306 e. The Labute approximate surface area is 105 Å². The number of quaternary nitrogens is 1. The zero-order valence-corrected chi connectivity index (χ0v) is 11.6. The van der Waals surface area contributed by atoms with Gasteiger partial charge in [-0.25, -0.2) is 0 Å². The summed E-state index contributed by atoms with van der Waals surface area (Å²) in [6.45, 7) is 9.03. The number of nitrogens with zero attached hydrogens (tertiary/aromatic N) is 2. The summed E-state index contributed by atoms with van der Waals surface area (Å²) in [7, 11) is 3.81. The van der Waals surface area contributed by atoms with Crippen molar-refractivity contribution in [2.45, 2.75) is 26.2 Å². The van der Waals surface area contributed by atoms with Crippen molar-refractivity contribution in [3.8, 4) is 0 Å². The fraction of sp³-hybridized carbons (Fsp3) is 0.923. The van der Waals surface area contributed by atoms with E-state index in [-0.39, 0.29) is 5.97 Å². The van der Waals surface area contributed by atoms with E-state index in [0.717, 1.165) is 19.6 Å². The number of carbonyl (C=O) groups excluding carboxylic acids is 1. The highest BCUT2D eigenvalue weighted by molar-refractivity contribution is 5.69. The number of hydrogen-bond donors (Lipinski definition) is 0. The number of methoxy groups -OCH3 is 1. The van der Waals surface area contributed by atoms with Gasteiger partial charge >= 0.3 is 5.97 Å². The van der Waals surface area contributed by atoms with Gasteiger partial charge < -0.3 is 9.22 Å². The number of hydrogen-bond acceptors (Lipinski definition) is 3. The second-order valence-electron chi connectivity index (χ2n) is 5.31. The molecule has 1 rings (SSSR count). The standard InChI is InChI=1S/C13H27N2O2/c1-4-5-10-15(2)11-8-14(9-12-15)7-6-13(16)17-3/h4-12H2,1-3H3/q+1. The second-order valence-corrected chi connectivity index (χ2v) is 5.31. The molecule has 0 saturated carbocycles. The predicted molar refractivity (Wildman–Crippen MR) is 68.8 cm³/mol. The van der Waals surface area contributed by atoms with Gasteiger partial charge in [0.05, 0.1) is 40.2 Å². The maximum atomic E-state index is 11.1. The lowest BCUT2D eigenvalue weighted by Crippen LogP contribution is -2.57. The minimum atomic E-state index is -0.0983. The Morgan fingerprint density at radius 1 is 1.35 bits per heavy atom. The van der Waals surface area contributed by atoms with Gasteiger partial charge in [-0.05, 0) is 6.42 Å². The lowest BCUT2D eigenvalue weighted by atomic mass is 10.2. The van der Waals surface area contributed by atoms with Crippen LogP contribution < -0.4 is 0 Å². The summed E-state index contributed by atoms with van der Waals surface area (Å²) in [4.78, 5) is 13.4. The minimum Gasteiger partial charge on any atom is -0.469 e. The van der Waals surface area contributed by atoms with Crippen LogP contribution >= 0.6 is 0 Å². The fourth-order valence-electron chi connectivity index (χ4n) is 2.33. The molecule has 4 nitrogen and oxygen atoms in total. The van der Waals surface area contributed by atoms with Crippen LogP contribution in [0.25, 0.3) is 0 Å². The van der Waals surface area contributed by atoms with Gasteiger partial charge in [-0.3, -0.25) is 9.69 Å². The fourth-order valence-corrected chi connectivity index (χ4v) is 2.33. The first-order valence-electron chi connectivity index (χ1n) is 6.72. The average molecular weight is 243 g/mol. The Bertz CT molecular complexity index is 236. The van der Waals surface area contributed by atoms with Crippen LogP contribution in [0.3, 0.4) is 0 Å². The minimum absolute atomic E-state index is 0.0983. The van der Waals surface area contributed by atoms with E-state index in [4.69, 9.17) is 0 Å². The molecule has 0 radical (unpaired) electrons. The summed E-state index contributed by atoms with van der Waals surface area (Å²) in [6.07, 6.45) is 3.12. The third kappa shape index (κ3) is 5.04. The first-order chi connectivity index (χ1) is 8.09. The smallest absolute Gasteiger partial charge is 0.306 e. The Morgan fingerprint density at radius 2 is 2.00 bits per heavy atom. The number of likely N-dealkylation sites (N-methyl/N-ethyl adjacent to an activating group) is 1. The lowest BCUT2D eigenvalue weighted by Gasteiger charge is -2.42. The molecule has 1 fully saturated rings. The molecule has 1 saturated heterocycles. The number of ether oxygens (including phenoxy) is 1. The Balaban J connectivity index is 2.23. The maximum absolute atomic E-state index is 11.1. The van der Waals surface area contributed by atoms with Gasteiger partial charge in [-0.1, -0.05) is 13.3 Å². The topological polar surface area (TPSA) is 29.5 Å². The molecule has 0 bridgehead atoms. The van der Waals surface area contributed by atoms with Crippen LogP contribution in [-0.4, -0.2) is 68.8 Å². The summed E-state index contributed by atoms with van der Waals surface area (Å²) in [5, 5.41) is 0. The molecule has 0 spiro atoms. The van der Waals surface area contributed by atoms with Gasteiger partial charge in [0, 0.05) is 19.6 Å². The highest BCUT2D eigenvalue weighted by Gasteiger charge is 2.27. The van der Waals surface area contributed by atoms with E-state index in [1.807, 2.05) is 0 Å². The molecular weight excluding hydrogens is 216 g/mol. The van der Waals surface area contributed by atoms with Gasteiger partial charge in [0.2, 0.25) is 0 Å². The van der Waals surface area contributed by atoms with Gasteiger partial charge in [0.25, 0.3) is 0 Å². The quantitative estimate of drug-likeness (QED) is 0.517. The Kier molecular flexibility index (Phi) is 5.92. The molecule has 0 N–H and O–H groups in total. The molecule has 0 aromatic rings. The lowest BCUT2D eigenvalue weighted by molar-refractivity contribution is -0.913. The summed E-state index contributed by atoms with van der Waals surface area (Å²) in [6, 6.07) is 0.